The molecule has 40 heavy (non-hydrogen) atoms. The standard InChI is InChI=1S/C34H36B2O4/c1-31(2)32(3,4)38-35(37-31)22-15-13-21-14-16-25-24(28(21)19-22)17-18-26-23-11-9-10-12-27(23)30(20-29(25)26)36-39-33(5,6)34(7,8)40-36/h9-20H,1-8H3. The van der Waals surface area contributed by atoms with Gasteiger partial charge in [0.05, 0.1) is 22.4 Å². The average molecular weight is 530 g/mol. The van der Waals surface area contributed by atoms with E-state index in [1.165, 1.54) is 37.7 Å². The van der Waals surface area contributed by atoms with Crippen LogP contribution < -0.4 is 10.9 Å². The zero-order chi connectivity index (χ0) is 28.2. The van der Waals surface area contributed by atoms with Crippen LogP contribution in [0.4, 0.5) is 0 Å². The molecule has 0 atom stereocenters. The molecule has 0 amide bonds. The molecule has 2 aliphatic rings. The smallest absolute Gasteiger partial charge is 0.399 e. The first-order chi connectivity index (χ1) is 18.8. The minimum atomic E-state index is -0.440. The Bertz CT molecular complexity index is 1810. The largest absolute Gasteiger partial charge is 0.495 e. The molecule has 0 N–H and O–H groups in total. The fourth-order valence-corrected chi connectivity index (χ4v) is 6.06. The molecule has 5 aromatic carbocycles. The van der Waals surface area contributed by atoms with E-state index in [0.29, 0.717) is 0 Å². The molecule has 6 heteroatoms. The second-order valence-corrected chi connectivity index (χ2v) is 13.5. The predicted octanol–water partition coefficient (Wildman–Crippen LogP) is 6.90. The topological polar surface area (TPSA) is 36.9 Å². The first kappa shape index (κ1) is 26.0. The molecule has 2 aliphatic heterocycles. The lowest BCUT2D eigenvalue weighted by molar-refractivity contribution is 0.00578. The normalized spacial score (nSPS) is 21.3. The molecule has 4 nitrogen and oxygen atoms in total. The number of fused-ring (bicyclic) bond motifs is 7. The summed E-state index contributed by atoms with van der Waals surface area (Å²) in [6.07, 6.45) is 0. The lowest BCUT2D eigenvalue weighted by Crippen LogP contribution is -2.41. The molecular formula is C34H36B2O4. The Morgan fingerprint density at radius 1 is 0.425 bits per heavy atom. The molecular weight excluding hydrogens is 494 g/mol. The molecule has 0 unspecified atom stereocenters. The van der Waals surface area contributed by atoms with Gasteiger partial charge in [0.25, 0.3) is 0 Å². The molecule has 2 fully saturated rings. The van der Waals surface area contributed by atoms with Crippen molar-refractivity contribution in [3.05, 3.63) is 72.8 Å². The van der Waals surface area contributed by atoms with Crippen LogP contribution in [0.2, 0.25) is 0 Å². The minimum absolute atomic E-state index is 0.382. The van der Waals surface area contributed by atoms with Gasteiger partial charge >= 0.3 is 14.2 Å². The van der Waals surface area contributed by atoms with Crippen molar-refractivity contribution in [2.24, 2.45) is 0 Å². The molecule has 0 bridgehead atoms. The van der Waals surface area contributed by atoms with Crippen molar-refractivity contribution in [2.75, 3.05) is 0 Å². The fraction of sp³-hybridized carbons (Fsp3) is 0.353. The molecule has 0 spiro atoms. The quantitative estimate of drug-likeness (QED) is 0.184. The van der Waals surface area contributed by atoms with Crippen molar-refractivity contribution in [1.29, 1.82) is 0 Å². The Kier molecular flexibility index (Phi) is 5.42. The van der Waals surface area contributed by atoms with Gasteiger partial charge in [0, 0.05) is 0 Å². The van der Waals surface area contributed by atoms with E-state index in [9.17, 15) is 0 Å². The Hall–Kier alpha value is -2.89. The van der Waals surface area contributed by atoms with Crippen molar-refractivity contribution in [2.45, 2.75) is 77.8 Å². The van der Waals surface area contributed by atoms with Gasteiger partial charge in [-0.1, -0.05) is 72.8 Å². The van der Waals surface area contributed by atoms with E-state index in [4.69, 9.17) is 18.6 Å². The van der Waals surface area contributed by atoms with Crippen molar-refractivity contribution in [1.82, 2.24) is 0 Å². The SMILES string of the molecule is CC1(C)OB(c2ccc3ccc4c(ccc5c6ccccc6c(B6OC(C)(C)C(C)(C)O6)cc54)c3c2)OC1(C)C. The third-order valence-electron chi connectivity index (χ3n) is 9.94. The van der Waals surface area contributed by atoms with Crippen LogP contribution in [-0.2, 0) is 18.6 Å². The molecule has 2 heterocycles. The van der Waals surface area contributed by atoms with E-state index in [1.54, 1.807) is 0 Å². The van der Waals surface area contributed by atoms with Crippen LogP contribution in [0.15, 0.2) is 72.8 Å². The summed E-state index contributed by atoms with van der Waals surface area (Å²) in [6.45, 7) is 16.8. The summed E-state index contributed by atoms with van der Waals surface area (Å²) < 4.78 is 25.9. The molecule has 202 valence electrons. The fourth-order valence-electron chi connectivity index (χ4n) is 6.06. The average Bonchev–Trinajstić information content (AvgIpc) is 3.26. The third kappa shape index (κ3) is 3.70. The molecule has 0 radical (unpaired) electrons. The van der Waals surface area contributed by atoms with Crippen LogP contribution in [0, 0.1) is 0 Å². The first-order valence-electron chi connectivity index (χ1n) is 14.3. The van der Waals surface area contributed by atoms with Gasteiger partial charge < -0.3 is 18.6 Å². The highest BCUT2D eigenvalue weighted by molar-refractivity contribution is 6.66. The molecule has 5 aromatic rings. The van der Waals surface area contributed by atoms with Crippen molar-refractivity contribution in [3.8, 4) is 0 Å². The maximum Gasteiger partial charge on any atom is 0.495 e. The highest BCUT2D eigenvalue weighted by Gasteiger charge is 2.53. The van der Waals surface area contributed by atoms with Gasteiger partial charge in [0.2, 0.25) is 0 Å². The Balaban J connectivity index is 1.44. The monoisotopic (exact) mass is 530 g/mol. The van der Waals surface area contributed by atoms with E-state index in [1.807, 2.05) is 0 Å². The van der Waals surface area contributed by atoms with Crippen LogP contribution >= 0.6 is 0 Å². The summed E-state index contributed by atoms with van der Waals surface area (Å²) in [6, 6.07) is 26.4. The number of hydrogen-bond acceptors (Lipinski definition) is 4. The highest BCUT2D eigenvalue weighted by Crippen LogP contribution is 2.40. The zero-order valence-electron chi connectivity index (χ0n) is 24.7. The predicted molar refractivity (Wildman–Crippen MR) is 168 cm³/mol. The highest BCUT2D eigenvalue weighted by atomic mass is 16.7. The number of hydrogen-bond donors (Lipinski definition) is 0. The van der Waals surface area contributed by atoms with Crippen molar-refractivity contribution >= 4 is 68.3 Å². The number of benzene rings is 5. The lowest BCUT2D eigenvalue weighted by atomic mass is 9.74. The maximum absolute atomic E-state index is 6.55. The zero-order valence-corrected chi connectivity index (χ0v) is 24.7. The Labute approximate surface area is 237 Å². The van der Waals surface area contributed by atoms with E-state index < -0.39 is 25.4 Å². The Morgan fingerprint density at radius 3 is 1.48 bits per heavy atom. The Morgan fingerprint density at radius 2 is 0.875 bits per heavy atom. The lowest BCUT2D eigenvalue weighted by Gasteiger charge is -2.32. The van der Waals surface area contributed by atoms with E-state index in [0.717, 1.165) is 16.3 Å². The van der Waals surface area contributed by atoms with Gasteiger partial charge in [-0.15, -0.1) is 0 Å². The van der Waals surface area contributed by atoms with Crippen LogP contribution in [0.5, 0.6) is 0 Å². The summed E-state index contributed by atoms with van der Waals surface area (Å²) in [5.74, 6) is 0. The molecule has 2 saturated heterocycles. The van der Waals surface area contributed by atoms with Gasteiger partial charge in [-0.05, 0) is 109 Å². The number of rotatable bonds is 2. The summed E-state index contributed by atoms with van der Waals surface area (Å²) in [5.41, 5.74) is 0.522. The molecule has 0 aliphatic carbocycles. The van der Waals surface area contributed by atoms with Crippen LogP contribution in [0.3, 0.4) is 0 Å². The van der Waals surface area contributed by atoms with E-state index in [2.05, 4.69) is 128 Å². The van der Waals surface area contributed by atoms with Crippen LogP contribution in [0.1, 0.15) is 55.4 Å². The summed E-state index contributed by atoms with van der Waals surface area (Å²) in [5, 5.41) is 9.59. The second-order valence-electron chi connectivity index (χ2n) is 13.5. The second kappa shape index (κ2) is 8.33. The van der Waals surface area contributed by atoms with Gasteiger partial charge in [-0.25, -0.2) is 0 Å². The molecule has 0 aromatic heterocycles. The summed E-state index contributed by atoms with van der Waals surface area (Å²) in [7, 11) is -0.839. The van der Waals surface area contributed by atoms with Crippen molar-refractivity contribution < 1.29 is 18.6 Å². The van der Waals surface area contributed by atoms with Crippen LogP contribution in [-0.4, -0.2) is 36.6 Å². The third-order valence-corrected chi connectivity index (χ3v) is 9.94. The van der Waals surface area contributed by atoms with E-state index >= 15 is 0 Å². The summed E-state index contributed by atoms with van der Waals surface area (Å²) in [4.78, 5) is 0. The van der Waals surface area contributed by atoms with Gasteiger partial charge in [0.1, 0.15) is 0 Å². The summed E-state index contributed by atoms with van der Waals surface area (Å²) >= 11 is 0. The van der Waals surface area contributed by atoms with Crippen molar-refractivity contribution in [3.63, 3.8) is 0 Å². The minimum Gasteiger partial charge on any atom is -0.399 e. The van der Waals surface area contributed by atoms with E-state index in [-0.39, 0.29) is 11.2 Å². The molecule has 0 saturated carbocycles. The van der Waals surface area contributed by atoms with Gasteiger partial charge in [-0.2, -0.15) is 0 Å². The van der Waals surface area contributed by atoms with Crippen LogP contribution in [0.25, 0.3) is 43.1 Å². The van der Waals surface area contributed by atoms with Gasteiger partial charge in [-0.3, -0.25) is 0 Å². The van der Waals surface area contributed by atoms with Gasteiger partial charge in [0.15, 0.2) is 0 Å². The molecule has 7 rings (SSSR count). The first-order valence-corrected chi connectivity index (χ1v) is 14.3. The maximum atomic E-state index is 6.55.